The fraction of sp³-hybridized carbons (Fsp3) is 0.600. The first-order valence-electron chi connectivity index (χ1n) is 6.66. The van der Waals surface area contributed by atoms with Gasteiger partial charge in [-0.1, -0.05) is 39.3 Å². The van der Waals surface area contributed by atoms with Crippen molar-refractivity contribution in [3.8, 4) is 11.5 Å². The van der Waals surface area contributed by atoms with Gasteiger partial charge in [0.05, 0.1) is 5.02 Å². The molecule has 2 rings (SSSR count). The van der Waals surface area contributed by atoms with Crippen LogP contribution in [-0.4, -0.2) is 13.3 Å². The Morgan fingerprint density at radius 3 is 2.74 bits per heavy atom. The second-order valence-corrected chi connectivity index (χ2v) is 6.62. The predicted molar refractivity (Wildman–Crippen MR) is 77.9 cm³/mol. The van der Waals surface area contributed by atoms with E-state index >= 15 is 0 Å². The molecular weight excluding hydrogens is 262 g/mol. The van der Waals surface area contributed by atoms with Crippen molar-refractivity contribution in [2.45, 2.75) is 34.2 Å². The van der Waals surface area contributed by atoms with E-state index in [0.717, 1.165) is 24.4 Å². The number of fused-ring (bicyclic) bond motifs is 1. The Labute approximate surface area is 120 Å². The van der Waals surface area contributed by atoms with Gasteiger partial charge in [-0.05, 0) is 35.6 Å². The standard InChI is InChI=1S/C15H22ClNO2/c1-10(15(2,3)4)7-17-8-11-5-12(16)14-13(6-11)18-9-19-14/h5-6,10,17H,7-9H2,1-4H3. The second kappa shape index (κ2) is 5.59. The Hall–Kier alpha value is -0.930. The Morgan fingerprint density at radius 2 is 2.05 bits per heavy atom. The molecule has 0 aliphatic carbocycles. The average molecular weight is 284 g/mol. The summed E-state index contributed by atoms with van der Waals surface area (Å²) in [5.74, 6) is 2.01. The summed E-state index contributed by atoms with van der Waals surface area (Å²) in [4.78, 5) is 0. The smallest absolute Gasteiger partial charge is 0.231 e. The third kappa shape index (κ3) is 3.54. The Kier molecular flexibility index (Phi) is 4.26. The lowest BCUT2D eigenvalue weighted by molar-refractivity contribution is 0.174. The fourth-order valence-corrected chi connectivity index (χ4v) is 2.15. The molecule has 3 nitrogen and oxygen atoms in total. The van der Waals surface area contributed by atoms with E-state index in [1.807, 2.05) is 12.1 Å². The monoisotopic (exact) mass is 283 g/mol. The third-order valence-corrected chi connectivity index (χ3v) is 4.03. The van der Waals surface area contributed by atoms with Gasteiger partial charge in [-0.15, -0.1) is 0 Å². The van der Waals surface area contributed by atoms with Crippen molar-refractivity contribution in [1.82, 2.24) is 5.32 Å². The Morgan fingerprint density at radius 1 is 1.32 bits per heavy atom. The summed E-state index contributed by atoms with van der Waals surface area (Å²) >= 11 is 6.16. The first kappa shape index (κ1) is 14.5. The molecule has 1 aliphatic heterocycles. The summed E-state index contributed by atoms with van der Waals surface area (Å²) in [5.41, 5.74) is 1.44. The second-order valence-electron chi connectivity index (χ2n) is 6.21. The van der Waals surface area contributed by atoms with Crippen LogP contribution in [0.25, 0.3) is 0 Å². The number of halogens is 1. The van der Waals surface area contributed by atoms with E-state index in [2.05, 4.69) is 33.0 Å². The van der Waals surface area contributed by atoms with Gasteiger partial charge in [0.2, 0.25) is 6.79 Å². The topological polar surface area (TPSA) is 30.5 Å². The number of hydrogen-bond donors (Lipinski definition) is 1. The van der Waals surface area contributed by atoms with Crippen LogP contribution in [0.15, 0.2) is 12.1 Å². The molecule has 0 bridgehead atoms. The van der Waals surface area contributed by atoms with Gasteiger partial charge in [0.1, 0.15) is 0 Å². The van der Waals surface area contributed by atoms with Crippen molar-refractivity contribution in [1.29, 1.82) is 0 Å². The summed E-state index contributed by atoms with van der Waals surface area (Å²) in [6.07, 6.45) is 0. The number of ether oxygens (including phenoxy) is 2. The van der Waals surface area contributed by atoms with Gasteiger partial charge in [-0.2, -0.15) is 0 Å². The highest BCUT2D eigenvalue weighted by molar-refractivity contribution is 6.32. The molecule has 1 aromatic rings. The molecule has 0 saturated carbocycles. The van der Waals surface area contributed by atoms with E-state index in [4.69, 9.17) is 21.1 Å². The van der Waals surface area contributed by atoms with Crippen molar-refractivity contribution >= 4 is 11.6 Å². The van der Waals surface area contributed by atoms with Gasteiger partial charge in [0.15, 0.2) is 11.5 Å². The molecule has 1 N–H and O–H groups in total. The SMILES string of the molecule is CC(CNCc1cc(Cl)c2c(c1)OCO2)C(C)(C)C. The maximum absolute atomic E-state index is 6.16. The number of nitrogens with one attached hydrogen (secondary N) is 1. The third-order valence-electron chi connectivity index (χ3n) is 3.75. The van der Waals surface area contributed by atoms with Crippen LogP contribution >= 0.6 is 11.6 Å². The molecule has 4 heteroatoms. The molecule has 0 saturated heterocycles. The summed E-state index contributed by atoms with van der Waals surface area (Å²) in [6.45, 7) is 11.1. The van der Waals surface area contributed by atoms with Crippen LogP contribution in [0.5, 0.6) is 11.5 Å². The molecule has 0 radical (unpaired) electrons. The molecule has 0 amide bonds. The van der Waals surface area contributed by atoms with Gasteiger partial charge < -0.3 is 14.8 Å². The van der Waals surface area contributed by atoms with Crippen molar-refractivity contribution in [3.05, 3.63) is 22.7 Å². The van der Waals surface area contributed by atoms with Gasteiger partial charge in [-0.3, -0.25) is 0 Å². The molecular formula is C15H22ClNO2. The highest BCUT2D eigenvalue weighted by atomic mass is 35.5. The molecule has 1 aliphatic rings. The van der Waals surface area contributed by atoms with Gasteiger partial charge in [0.25, 0.3) is 0 Å². The minimum atomic E-state index is 0.257. The molecule has 0 spiro atoms. The average Bonchev–Trinajstić information content (AvgIpc) is 2.76. The highest BCUT2D eigenvalue weighted by Crippen LogP contribution is 2.39. The first-order valence-corrected chi connectivity index (χ1v) is 7.04. The lowest BCUT2D eigenvalue weighted by Gasteiger charge is -2.27. The van der Waals surface area contributed by atoms with E-state index in [9.17, 15) is 0 Å². The zero-order chi connectivity index (χ0) is 14.0. The molecule has 19 heavy (non-hydrogen) atoms. The van der Waals surface area contributed by atoms with E-state index < -0.39 is 0 Å². The van der Waals surface area contributed by atoms with Crippen molar-refractivity contribution in [2.24, 2.45) is 11.3 Å². The number of hydrogen-bond acceptors (Lipinski definition) is 3. The largest absolute Gasteiger partial charge is 0.454 e. The predicted octanol–water partition coefficient (Wildman–Crippen LogP) is 3.84. The van der Waals surface area contributed by atoms with Crippen LogP contribution in [0.4, 0.5) is 0 Å². The molecule has 106 valence electrons. The van der Waals surface area contributed by atoms with Gasteiger partial charge in [-0.25, -0.2) is 0 Å². The van der Waals surface area contributed by atoms with Crippen molar-refractivity contribution < 1.29 is 9.47 Å². The van der Waals surface area contributed by atoms with E-state index in [0.29, 0.717) is 22.1 Å². The Bertz CT molecular complexity index is 454. The van der Waals surface area contributed by atoms with Crippen LogP contribution in [0.2, 0.25) is 5.02 Å². The summed E-state index contributed by atoms with van der Waals surface area (Å²) < 4.78 is 10.7. The van der Waals surface area contributed by atoms with Gasteiger partial charge >= 0.3 is 0 Å². The summed E-state index contributed by atoms with van der Waals surface area (Å²) in [7, 11) is 0. The summed E-state index contributed by atoms with van der Waals surface area (Å²) in [6, 6.07) is 3.92. The first-order chi connectivity index (χ1) is 8.88. The van der Waals surface area contributed by atoms with Crippen LogP contribution in [-0.2, 0) is 6.54 Å². The maximum Gasteiger partial charge on any atom is 0.231 e. The molecule has 0 aromatic heterocycles. The maximum atomic E-state index is 6.16. The van der Waals surface area contributed by atoms with E-state index in [-0.39, 0.29) is 6.79 Å². The Balaban J connectivity index is 1.92. The zero-order valence-corrected chi connectivity index (χ0v) is 12.8. The lowest BCUT2D eigenvalue weighted by Crippen LogP contribution is -2.29. The van der Waals surface area contributed by atoms with Gasteiger partial charge in [0, 0.05) is 6.54 Å². The van der Waals surface area contributed by atoms with Crippen LogP contribution < -0.4 is 14.8 Å². The number of benzene rings is 1. The van der Waals surface area contributed by atoms with Crippen LogP contribution in [0.1, 0.15) is 33.3 Å². The number of rotatable bonds is 4. The minimum absolute atomic E-state index is 0.257. The van der Waals surface area contributed by atoms with Crippen molar-refractivity contribution in [2.75, 3.05) is 13.3 Å². The van der Waals surface area contributed by atoms with E-state index in [1.54, 1.807) is 0 Å². The zero-order valence-electron chi connectivity index (χ0n) is 12.0. The van der Waals surface area contributed by atoms with Crippen LogP contribution in [0.3, 0.4) is 0 Å². The normalized spacial score (nSPS) is 15.6. The van der Waals surface area contributed by atoms with Crippen molar-refractivity contribution in [3.63, 3.8) is 0 Å². The fourth-order valence-electron chi connectivity index (χ4n) is 1.86. The summed E-state index contributed by atoms with van der Waals surface area (Å²) in [5, 5.41) is 4.09. The molecule has 1 atom stereocenters. The van der Waals surface area contributed by atoms with Crippen LogP contribution in [0, 0.1) is 11.3 Å². The minimum Gasteiger partial charge on any atom is -0.454 e. The molecule has 1 heterocycles. The molecule has 0 fully saturated rings. The molecule has 1 aromatic carbocycles. The highest BCUT2D eigenvalue weighted by Gasteiger charge is 2.20. The quantitative estimate of drug-likeness (QED) is 0.911. The lowest BCUT2D eigenvalue weighted by atomic mass is 9.82. The molecule has 1 unspecified atom stereocenters. The van der Waals surface area contributed by atoms with E-state index in [1.165, 1.54) is 0 Å².